The number of nitrogens with zero attached hydrogens (tertiary/aromatic N) is 4. The largest absolute Gasteiger partial charge is 0.353 e. The van der Waals surface area contributed by atoms with Crippen molar-refractivity contribution in [3.63, 3.8) is 0 Å². The maximum absolute atomic E-state index is 12.9. The lowest BCUT2D eigenvalue weighted by Crippen LogP contribution is -2.39. The summed E-state index contributed by atoms with van der Waals surface area (Å²) < 4.78 is 2.64. The van der Waals surface area contributed by atoms with Crippen LogP contribution in [0.3, 0.4) is 0 Å². The molecule has 0 bridgehead atoms. The smallest absolute Gasteiger partial charge is 0.332 e. The van der Waals surface area contributed by atoms with Gasteiger partial charge in [0, 0.05) is 25.6 Å². The van der Waals surface area contributed by atoms with Gasteiger partial charge in [0.2, 0.25) is 5.91 Å². The lowest BCUT2D eigenvalue weighted by Gasteiger charge is -2.22. The van der Waals surface area contributed by atoms with Gasteiger partial charge in [0.25, 0.3) is 5.56 Å². The molecule has 1 aliphatic rings. The van der Waals surface area contributed by atoms with Crippen LogP contribution in [0, 0.1) is 0 Å². The fourth-order valence-corrected chi connectivity index (χ4v) is 4.62. The molecule has 0 saturated heterocycles. The molecule has 0 atom stereocenters. The zero-order valence-corrected chi connectivity index (χ0v) is 19.0. The van der Waals surface area contributed by atoms with Gasteiger partial charge >= 0.3 is 5.69 Å². The van der Waals surface area contributed by atoms with Crippen molar-refractivity contribution in [1.82, 2.24) is 24.4 Å². The van der Waals surface area contributed by atoms with E-state index in [1.807, 2.05) is 20.8 Å². The Hall–Kier alpha value is -2.16. The van der Waals surface area contributed by atoms with Crippen LogP contribution in [0.1, 0.15) is 71.0 Å². The number of carbonyl (C=O) groups is 1. The van der Waals surface area contributed by atoms with Crippen molar-refractivity contribution in [3.05, 3.63) is 26.7 Å². The molecule has 0 aliphatic heterocycles. The summed E-state index contributed by atoms with van der Waals surface area (Å²) in [7, 11) is 1.47. The van der Waals surface area contributed by atoms with Gasteiger partial charge in [-0.15, -0.1) is 0 Å². The number of thioether (sulfide) groups is 1. The van der Waals surface area contributed by atoms with Crippen LogP contribution in [0.25, 0.3) is 11.0 Å². The second-order valence-corrected chi connectivity index (χ2v) is 9.19. The first-order valence-electron chi connectivity index (χ1n) is 10.8. The topological polar surface area (TPSA) is 98.9 Å². The molecule has 2 heterocycles. The molecule has 2 aromatic rings. The van der Waals surface area contributed by atoms with Crippen LogP contribution in [0.5, 0.6) is 0 Å². The van der Waals surface area contributed by atoms with Gasteiger partial charge in [-0.2, -0.15) is 0 Å². The third kappa shape index (κ3) is 4.77. The Morgan fingerprint density at radius 2 is 1.90 bits per heavy atom. The van der Waals surface area contributed by atoms with Crippen molar-refractivity contribution in [3.8, 4) is 0 Å². The number of fused-ring (bicyclic) bond motifs is 1. The van der Waals surface area contributed by atoms with Crippen LogP contribution in [-0.2, 0) is 18.4 Å². The van der Waals surface area contributed by atoms with Gasteiger partial charge in [-0.3, -0.25) is 18.7 Å². The first kappa shape index (κ1) is 22.5. The highest BCUT2D eigenvalue weighted by atomic mass is 32.2. The summed E-state index contributed by atoms with van der Waals surface area (Å²) in [6.07, 6.45) is 6.31. The highest BCUT2D eigenvalue weighted by Gasteiger charge is 2.21. The van der Waals surface area contributed by atoms with Crippen LogP contribution in [0.4, 0.5) is 0 Å². The van der Waals surface area contributed by atoms with E-state index in [0.29, 0.717) is 28.4 Å². The Balaban J connectivity index is 1.99. The molecular weight excluding hydrogens is 402 g/mol. The van der Waals surface area contributed by atoms with Gasteiger partial charge in [0.05, 0.1) is 5.75 Å². The molecule has 0 unspecified atom stereocenters. The van der Waals surface area contributed by atoms with E-state index in [1.54, 1.807) is 0 Å². The molecule has 2 aromatic heterocycles. The predicted octanol–water partition coefficient (Wildman–Crippen LogP) is 2.56. The minimum absolute atomic E-state index is 0.0269. The molecule has 0 spiro atoms. The van der Waals surface area contributed by atoms with E-state index in [-0.39, 0.29) is 29.3 Å². The van der Waals surface area contributed by atoms with E-state index in [2.05, 4.69) is 15.3 Å². The van der Waals surface area contributed by atoms with Gasteiger partial charge in [-0.25, -0.2) is 14.8 Å². The fraction of sp³-hybridized carbons (Fsp3) is 0.667. The van der Waals surface area contributed by atoms with E-state index >= 15 is 0 Å². The molecule has 1 saturated carbocycles. The number of aryl methyl sites for hydroxylation is 1. The Morgan fingerprint density at radius 3 is 2.53 bits per heavy atom. The molecule has 164 valence electrons. The van der Waals surface area contributed by atoms with E-state index in [9.17, 15) is 14.4 Å². The standard InChI is InChI=1S/C21H31N5O3S/c1-5-11-26-18-16(20(28)25(4)21(26)29)19(24-17(23-18)13(2)3)30-12-15(27)22-14-9-7-6-8-10-14/h13-14H,5-12H2,1-4H3,(H,22,27). The van der Waals surface area contributed by atoms with E-state index in [0.717, 1.165) is 36.7 Å². The molecule has 9 heteroatoms. The second kappa shape index (κ2) is 9.76. The molecule has 0 aromatic carbocycles. The molecule has 1 amide bonds. The van der Waals surface area contributed by atoms with Crippen molar-refractivity contribution in [1.29, 1.82) is 0 Å². The summed E-state index contributed by atoms with van der Waals surface area (Å²) in [4.78, 5) is 47.3. The highest BCUT2D eigenvalue weighted by Crippen LogP contribution is 2.25. The third-order valence-corrected chi connectivity index (χ3v) is 6.42. The van der Waals surface area contributed by atoms with Crippen molar-refractivity contribution >= 4 is 28.7 Å². The molecule has 1 fully saturated rings. The van der Waals surface area contributed by atoms with Crippen molar-refractivity contribution in [2.45, 2.75) is 82.8 Å². The van der Waals surface area contributed by atoms with Crippen molar-refractivity contribution < 1.29 is 4.79 Å². The summed E-state index contributed by atoms with van der Waals surface area (Å²) in [6.45, 7) is 6.37. The number of aromatic nitrogens is 4. The number of nitrogens with one attached hydrogen (secondary N) is 1. The highest BCUT2D eigenvalue weighted by molar-refractivity contribution is 8.00. The molecule has 1 N–H and O–H groups in total. The molecule has 8 nitrogen and oxygen atoms in total. The van der Waals surface area contributed by atoms with Crippen LogP contribution in [0.2, 0.25) is 0 Å². The number of hydrogen-bond donors (Lipinski definition) is 1. The Bertz CT molecular complexity index is 1040. The van der Waals surface area contributed by atoms with Gasteiger partial charge in [0.15, 0.2) is 5.65 Å². The molecule has 0 radical (unpaired) electrons. The first-order valence-corrected chi connectivity index (χ1v) is 11.8. The average Bonchev–Trinajstić information content (AvgIpc) is 2.73. The molecule has 1 aliphatic carbocycles. The number of rotatable bonds is 7. The van der Waals surface area contributed by atoms with Crippen LogP contribution in [0.15, 0.2) is 14.6 Å². The van der Waals surface area contributed by atoms with Crippen LogP contribution in [-0.4, -0.2) is 36.8 Å². The SMILES string of the molecule is CCCn1c(=O)n(C)c(=O)c2c(SCC(=O)NC3CCCCC3)nc(C(C)C)nc21. The normalized spacial score (nSPS) is 15.1. The zero-order valence-electron chi connectivity index (χ0n) is 18.2. The molecule has 30 heavy (non-hydrogen) atoms. The second-order valence-electron chi connectivity index (χ2n) is 8.23. The summed E-state index contributed by atoms with van der Waals surface area (Å²) in [5.41, 5.74) is -0.444. The number of hydrogen-bond acceptors (Lipinski definition) is 6. The number of carbonyl (C=O) groups excluding carboxylic acids is 1. The average molecular weight is 434 g/mol. The van der Waals surface area contributed by atoms with Gasteiger partial charge in [-0.05, 0) is 19.3 Å². The monoisotopic (exact) mass is 433 g/mol. The Morgan fingerprint density at radius 1 is 1.20 bits per heavy atom. The lowest BCUT2D eigenvalue weighted by molar-refractivity contribution is -0.119. The summed E-state index contributed by atoms with van der Waals surface area (Å²) in [6, 6.07) is 0.239. The predicted molar refractivity (Wildman–Crippen MR) is 119 cm³/mol. The fourth-order valence-electron chi connectivity index (χ4n) is 3.79. The van der Waals surface area contributed by atoms with Crippen molar-refractivity contribution in [2.75, 3.05) is 5.75 Å². The molecule has 3 rings (SSSR count). The van der Waals surface area contributed by atoms with Crippen LogP contribution >= 0.6 is 11.8 Å². The quantitative estimate of drug-likeness (QED) is 0.532. The van der Waals surface area contributed by atoms with Gasteiger partial charge < -0.3 is 5.32 Å². The van der Waals surface area contributed by atoms with Gasteiger partial charge in [-0.1, -0.05) is 51.8 Å². The van der Waals surface area contributed by atoms with E-state index in [4.69, 9.17) is 0 Å². The maximum atomic E-state index is 12.9. The minimum atomic E-state index is -0.423. The summed E-state index contributed by atoms with van der Waals surface area (Å²) >= 11 is 1.24. The van der Waals surface area contributed by atoms with Crippen molar-refractivity contribution in [2.24, 2.45) is 7.05 Å². The number of amides is 1. The Labute approximate surface area is 180 Å². The minimum Gasteiger partial charge on any atom is -0.353 e. The Kier molecular flexibility index (Phi) is 7.33. The lowest BCUT2D eigenvalue weighted by atomic mass is 9.95. The third-order valence-electron chi connectivity index (χ3n) is 5.44. The first-order chi connectivity index (χ1) is 14.3. The molecular formula is C21H31N5O3S. The van der Waals surface area contributed by atoms with Crippen LogP contribution < -0.4 is 16.6 Å². The summed E-state index contributed by atoms with van der Waals surface area (Å²) in [5.74, 6) is 0.716. The maximum Gasteiger partial charge on any atom is 0.332 e. The summed E-state index contributed by atoms with van der Waals surface area (Å²) in [5, 5.41) is 3.88. The van der Waals surface area contributed by atoms with E-state index < -0.39 is 5.56 Å². The van der Waals surface area contributed by atoms with E-state index in [1.165, 1.54) is 29.8 Å². The van der Waals surface area contributed by atoms with Gasteiger partial charge in [0.1, 0.15) is 16.2 Å². The zero-order chi connectivity index (χ0) is 21.8.